The van der Waals surface area contributed by atoms with Gasteiger partial charge in [0.05, 0.1) is 6.54 Å². The first-order valence-electron chi connectivity index (χ1n) is 8.48. The lowest BCUT2D eigenvalue weighted by Crippen LogP contribution is -2.12. The van der Waals surface area contributed by atoms with Crippen LogP contribution in [0.25, 0.3) is 11.4 Å². The third-order valence-corrected chi connectivity index (χ3v) is 4.61. The lowest BCUT2D eigenvalue weighted by Gasteiger charge is -2.07. The molecule has 3 heterocycles. The topological polar surface area (TPSA) is 85.8 Å². The first kappa shape index (κ1) is 17.2. The fraction of sp³-hybridized carbons (Fsp3) is 0.158. The lowest BCUT2D eigenvalue weighted by atomic mass is 10.2. The van der Waals surface area contributed by atoms with Gasteiger partial charge in [-0.1, -0.05) is 17.3 Å². The van der Waals surface area contributed by atoms with Crippen LogP contribution in [-0.4, -0.2) is 25.8 Å². The van der Waals surface area contributed by atoms with Gasteiger partial charge in [0.1, 0.15) is 0 Å². The van der Waals surface area contributed by atoms with E-state index in [0.29, 0.717) is 24.7 Å². The molecule has 7 nitrogen and oxygen atoms in total. The van der Waals surface area contributed by atoms with Gasteiger partial charge < -0.3 is 9.84 Å². The maximum absolute atomic E-state index is 12.2. The molecule has 0 unspecified atom stereocenters. The highest BCUT2D eigenvalue weighted by molar-refractivity contribution is 7.08. The van der Waals surface area contributed by atoms with Crippen LogP contribution in [0.3, 0.4) is 0 Å². The number of amides is 1. The summed E-state index contributed by atoms with van der Waals surface area (Å²) in [5.41, 5.74) is 2.75. The lowest BCUT2D eigenvalue weighted by molar-refractivity contribution is -0.116. The molecule has 1 amide bonds. The molecule has 4 aromatic rings. The van der Waals surface area contributed by atoms with E-state index in [9.17, 15) is 4.79 Å². The Bertz CT molecular complexity index is 1010. The molecule has 0 aliphatic carbocycles. The molecule has 8 heteroatoms. The number of carbonyl (C=O) groups excluding carboxylic acids is 1. The Labute approximate surface area is 159 Å². The number of hydrogen-bond donors (Lipinski definition) is 1. The summed E-state index contributed by atoms with van der Waals surface area (Å²) in [7, 11) is 0. The van der Waals surface area contributed by atoms with Gasteiger partial charge >= 0.3 is 0 Å². The Hall–Kier alpha value is -3.26. The van der Waals surface area contributed by atoms with Crippen molar-refractivity contribution in [1.82, 2.24) is 19.9 Å². The minimum absolute atomic E-state index is 0.0958. The van der Waals surface area contributed by atoms with Crippen molar-refractivity contribution in [2.24, 2.45) is 0 Å². The van der Waals surface area contributed by atoms with Gasteiger partial charge in [0.15, 0.2) is 0 Å². The van der Waals surface area contributed by atoms with Crippen LogP contribution in [-0.2, 0) is 17.8 Å². The molecular formula is C19H17N5O2S. The number of nitrogens with one attached hydrogen (secondary N) is 1. The highest BCUT2D eigenvalue weighted by Crippen LogP contribution is 2.19. The second-order valence-corrected chi connectivity index (χ2v) is 6.76. The third kappa shape index (κ3) is 4.48. The van der Waals surface area contributed by atoms with Crippen LogP contribution in [0.1, 0.15) is 17.9 Å². The van der Waals surface area contributed by atoms with E-state index in [0.717, 1.165) is 16.8 Å². The molecule has 0 aliphatic rings. The number of carbonyl (C=O) groups is 1. The summed E-state index contributed by atoms with van der Waals surface area (Å²) in [6.07, 6.45) is 4.32. The molecule has 0 atom stereocenters. The largest absolute Gasteiger partial charge is 0.339 e. The van der Waals surface area contributed by atoms with E-state index in [1.54, 1.807) is 17.5 Å². The SMILES string of the molecule is O=C(CCc1nc(-c2ccsc2)no1)Nc1cccc(Cn2cccn2)c1. The van der Waals surface area contributed by atoms with E-state index in [1.807, 2.05) is 58.0 Å². The maximum Gasteiger partial charge on any atom is 0.227 e. The average molecular weight is 379 g/mol. The van der Waals surface area contributed by atoms with Crippen molar-refractivity contribution in [3.8, 4) is 11.4 Å². The molecule has 1 N–H and O–H groups in total. The number of hydrogen-bond acceptors (Lipinski definition) is 6. The van der Waals surface area contributed by atoms with Crippen molar-refractivity contribution >= 4 is 22.9 Å². The van der Waals surface area contributed by atoms with E-state index in [4.69, 9.17) is 4.52 Å². The third-order valence-electron chi connectivity index (χ3n) is 3.93. The molecule has 3 aromatic heterocycles. The van der Waals surface area contributed by atoms with Gasteiger partial charge in [-0.2, -0.15) is 21.4 Å². The Morgan fingerprint density at radius 1 is 1.26 bits per heavy atom. The number of benzene rings is 1. The molecule has 0 saturated carbocycles. The molecule has 0 aliphatic heterocycles. The van der Waals surface area contributed by atoms with Gasteiger partial charge in [-0.3, -0.25) is 9.48 Å². The smallest absolute Gasteiger partial charge is 0.227 e. The molecule has 136 valence electrons. The monoisotopic (exact) mass is 379 g/mol. The van der Waals surface area contributed by atoms with Gasteiger partial charge in [0.2, 0.25) is 17.6 Å². The predicted octanol–water partition coefficient (Wildman–Crippen LogP) is 3.61. The van der Waals surface area contributed by atoms with Crippen LogP contribution in [0.15, 0.2) is 64.1 Å². The van der Waals surface area contributed by atoms with Crippen molar-refractivity contribution < 1.29 is 9.32 Å². The molecule has 4 rings (SSSR count). The van der Waals surface area contributed by atoms with Crippen LogP contribution >= 0.6 is 11.3 Å². The zero-order chi connectivity index (χ0) is 18.5. The zero-order valence-corrected chi connectivity index (χ0v) is 15.2. The summed E-state index contributed by atoms with van der Waals surface area (Å²) in [6, 6.07) is 11.5. The highest BCUT2D eigenvalue weighted by Gasteiger charge is 2.11. The predicted molar refractivity (Wildman–Crippen MR) is 102 cm³/mol. The first-order chi connectivity index (χ1) is 13.3. The van der Waals surface area contributed by atoms with E-state index in [1.165, 1.54) is 0 Å². The molecule has 0 saturated heterocycles. The van der Waals surface area contributed by atoms with Crippen molar-refractivity contribution in [1.29, 1.82) is 0 Å². The van der Waals surface area contributed by atoms with Crippen molar-refractivity contribution in [2.75, 3.05) is 5.32 Å². The second kappa shape index (κ2) is 7.96. The van der Waals surface area contributed by atoms with E-state index in [-0.39, 0.29) is 12.3 Å². The van der Waals surface area contributed by atoms with Gasteiger partial charge in [-0.25, -0.2) is 0 Å². The Balaban J connectivity index is 1.32. The molecule has 0 fully saturated rings. The summed E-state index contributed by atoms with van der Waals surface area (Å²) in [5, 5.41) is 15.0. The summed E-state index contributed by atoms with van der Waals surface area (Å²) >= 11 is 1.57. The number of anilines is 1. The molecule has 1 aromatic carbocycles. The molecule has 0 spiro atoms. The van der Waals surface area contributed by atoms with Crippen molar-refractivity contribution in [3.63, 3.8) is 0 Å². The maximum atomic E-state index is 12.2. The van der Waals surface area contributed by atoms with Crippen LogP contribution < -0.4 is 5.32 Å². The quantitative estimate of drug-likeness (QED) is 0.530. The van der Waals surface area contributed by atoms with Crippen molar-refractivity contribution in [3.05, 3.63) is 71.0 Å². The number of aryl methyl sites for hydroxylation is 1. The molecule has 0 bridgehead atoms. The summed E-state index contributed by atoms with van der Waals surface area (Å²) in [5.74, 6) is 0.915. The van der Waals surface area contributed by atoms with E-state index in [2.05, 4.69) is 20.6 Å². The Morgan fingerprint density at radius 2 is 2.22 bits per heavy atom. The van der Waals surface area contributed by atoms with Crippen molar-refractivity contribution in [2.45, 2.75) is 19.4 Å². The average Bonchev–Trinajstić information content (AvgIpc) is 3.42. The normalized spacial score (nSPS) is 10.8. The number of aromatic nitrogens is 4. The van der Waals surface area contributed by atoms with Crippen LogP contribution in [0.2, 0.25) is 0 Å². The highest BCUT2D eigenvalue weighted by atomic mass is 32.1. The summed E-state index contributed by atoms with van der Waals surface area (Å²) in [4.78, 5) is 16.6. The van der Waals surface area contributed by atoms with Gasteiger partial charge in [-0.15, -0.1) is 0 Å². The standard InChI is InChI=1S/C19H17N5O2S/c25-17(5-6-18-22-19(23-26-18)15-7-10-27-13-15)21-16-4-1-3-14(11-16)12-24-9-2-8-20-24/h1-4,7-11,13H,5-6,12H2,(H,21,25). The zero-order valence-electron chi connectivity index (χ0n) is 14.4. The fourth-order valence-electron chi connectivity index (χ4n) is 2.64. The Kier molecular flexibility index (Phi) is 5.06. The summed E-state index contributed by atoms with van der Waals surface area (Å²) in [6.45, 7) is 0.657. The second-order valence-electron chi connectivity index (χ2n) is 5.98. The van der Waals surface area contributed by atoms with Crippen LogP contribution in [0.5, 0.6) is 0 Å². The van der Waals surface area contributed by atoms with Crippen LogP contribution in [0.4, 0.5) is 5.69 Å². The van der Waals surface area contributed by atoms with Gasteiger partial charge in [0, 0.05) is 41.9 Å². The number of thiophene rings is 1. The van der Waals surface area contributed by atoms with E-state index >= 15 is 0 Å². The number of nitrogens with zero attached hydrogens (tertiary/aromatic N) is 4. The fourth-order valence-corrected chi connectivity index (χ4v) is 3.27. The van der Waals surface area contributed by atoms with E-state index < -0.39 is 0 Å². The number of rotatable bonds is 7. The van der Waals surface area contributed by atoms with Gasteiger partial charge in [-0.05, 0) is 35.2 Å². The molecule has 0 radical (unpaired) electrons. The first-order valence-corrected chi connectivity index (χ1v) is 9.42. The van der Waals surface area contributed by atoms with Gasteiger partial charge in [0.25, 0.3) is 0 Å². The Morgan fingerprint density at radius 3 is 3.04 bits per heavy atom. The molecule has 27 heavy (non-hydrogen) atoms. The minimum Gasteiger partial charge on any atom is -0.339 e. The minimum atomic E-state index is -0.0958. The summed E-state index contributed by atoms with van der Waals surface area (Å²) < 4.78 is 7.06. The van der Waals surface area contributed by atoms with Crippen LogP contribution in [0, 0.1) is 0 Å². The molecular weight excluding hydrogens is 362 g/mol.